The van der Waals surface area contributed by atoms with Gasteiger partial charge in [-0.05, 0) is 12.1 Å². The van der Waals surface area contributed by atoms with Crippen LogP contribution in [0.4, 0.5) is 0 Å². The van der Waals surface area contributed by atoms with E-state index in [1.165, 1.54) is 0 Å². The van der Waals surface area contributed by atoms with Crippen molar-refractivity contribution in [2.75, 3.05) is 19.7 Å². The number of hydrogen-bond acceptors (Lipinski definition) is 4. The molecule has 1 aliphatic rings. The summed E-state index contributed by atoms with van der Waals surface area (Å²) in [7, 11) is 0. The van der Waals surface area contributed by atoms with Crippen LogP contribution in [0.25, 0.3) is 11.0 Å². The molecular weight excluding hydrogens is 258 g/mol. The van der Waals surface area contributed by atoms with E-state index in [9.17, 15) is 4.79 Å². The molecule has 1 unspecified atom stereocenters. The monoisotopic (exact) mass is 275 g/mol. The van der Waals surface area contributed by atoms with Crippen LogP contribution < -0.4 is 0 Å². The SMILES string of the molecule is O=C(O)CC1CN(Cc2cc3ccccc3o2)CCO1. The molecule has 0 amide bonds. The Morgan fingerprint density at radius 1 is 1.40 bits per heavy atom. The fourth-order valence-corrected chi connectivity index (χ4v) is 2.58. The molecule has 2 aromatic rings. The van der Waals surface area contributed by atoms with Gasteiger partial charge in [0.1, 0.15) is 11.3 Å². The largest absolute Gasteiger partial charge is 0.481 e. The average molecular weight is 275 g/mol. The predicted molar refractivity (Wildman–Crippen MR) is 73.5 cm³/mol. The van der Waals surface area contributed by atoms with Crippen LogP contribution in [0.15, 0.2) is 34.7 Å². The molecule has 5 heteroatoms. The van der Waals surface area contributed by atoms with Gasteiger partial charge in [-0.3, -0.25) is 9.69 Å². The Morgan fingerprint density at radius 3 is 3.05 bits per heavy atom. The third-order valence-electron chi connectivity index (χ3n) is 3.48. The van der Waals surface area contributed by atoms with Gasteiger partial charge in [0.05, 0.1) is 25.7 Å². The van der Waals surface area contributed by atoms with Gasteiger partial charge in [0.2, 0.25) is 0 Å². The molecule has 1 saturated heterocycles. The second-order valence-electron chi connectivity index (χ2n) is 5.08. The van der Waals surface area contributed by atoms with Gasteiger partial charge >= 0.3 is 5.97 Å². The first-order valence-electron chi connectivity index (χ1n) is 6.74. The molecule has 0 saturated carbocycles. The van der Waals surface area contributed by atoms with Gasteiger partial charge < -0.3 is 14.3 Å². The van der Waals surface area contributed by atoms with Gasteiger partial charge in [0, 0.05) is 18.5 Å². The molecule has 1 aromatic heterocycles. The molecule has 0 bridgehead atoms. The van der Waals surface area contributed by atoms with Crippen LogP contribution in [0.2, 0.25) is 0 Å². The van der Waals surface area contributed by atoms with Crippen LogP contribution in [0.3, 0.4) is 0 Å². The van der Waals surface area contributed by atoms with E-state index in [-0.39, 0.29) is 12.5 Å². The maximum absolute atomic E-state index is 10.7. The number of aliphatic carboxylic acids is 1. The Bertz CT molecular complexity index is 574. The smallest absolute Gasteiger partial charge is 0.306 e. The fraction of sp³-hybridized carbons (Fsp3) is 0.400. The Morgan fingerprint density at radius 2 is 2.25 bits per heavy atom. The molecule has 2 heterocycles. The van der Waals surface area contributed by atoms with Gasteiger partial charge in [0.25, 0.3) is 0 Å². The average Bonchev–Trinajstić information content (AvgIpc) is 2.80. The molecule has 1 atom stereocenters. The van der Waals surface area contributed by atoms with Crippen molar-refractivity contribution in [2.45, 2.75) is 19.1 Å². The van der Waals surface area contributed by atoms with Crippen LogP contribution in [-0.4, -0.2) is 41.8 Å². The van der Waals surface area contributed by atoms with Crippen molar-refractivity contribution >= 4 is 16.9 Å². The molecule has 1 N–H and O–H groups in total. The molecule has 106 valence electrons. The molecule has 3 rings (SSSR count). The van der Waals surface area contributed by atoms with Gasteiger partial charge in [0.15, 0.2) is 0 Å². The van der Waals surface area contributed by atoms with Crippen molar-refractivity contribution in [3.8, 4) is 0 Å². The number of nitrogens with zero attached hydrogens (tertiary/aromatic N) is 1. The number of carboxylic acids is 1. The number of carboxylic acid groups (broad SMARTS) is 1. The number of fused-ring (bicyclic) bond motifs is 1. The van der Waals surface area contributed by atoms with E-state index in [1.807, 2.05) is 30.3 Å². The molecule has 20 heavy (non-hydrogen) atoms. The van der Waals surface area contributed by atoms with E-state index in [0.717, 1.165) is 23.3 Å². The Balaban J connectivity index is 1.66. The van der Waals surface area contributed by atoms with Crippen molar-refractivity contribution in [1.82, 2.24) is 4.90 Å². The standard InChI is InChI=1S/C15H17NO4/c17-15(18)8-12-9-16(5-6-19-12)10-13-7-11-3-1-2-4-14(11)20-13/h1-4,7,12H,5-6,8-10H2,(H,17,18). The highest BCUT2D eigenvalue weighted by atomic mass is 16.5. The van der Waals surface area contributed by atoms with Crippen molar-refractivity contribution in [3.63, 3.8) is 0 Å². The predicted octanol–water partition coefficient (Wildman–Crippen LogP) is 2.11. The highest BCUT2D eigenvalue weighted by Gasteiger charge is 2.23. The summed E-state index contributed by atoms with van der Waals surface area (Å²) in [5.74, 6) is 0.0859. The van der Waals surface area contributed by atoms with E-state index >= 15 is 0 Å². The normalized spacial score (nSPS) is 20.3. The summed E-state index contributed by atoms with van der Waals surface area (Å²) in [5, 5.41) is 9.92. The Labute approximate surface area is 116 Å². The van der Waals surface area contributed by atoms with Crippen LogP contribution in [0, 0.1) is 0 Å². The van der Waals surface area contributed by atoms with Gasteiger partial charge in [-0.15, -0.1) is 0 Å². The summed E-state index contributed by atoms with van der Waals surface area (Å²) in [5.41, 5.74) is 0.887. The molecule has 5 nitrogen and oxygen atoms in total. The van der Waals surface area contributed by atoms with E-state index in [4.69, 9.17) is 14.3 Å². The molecule has 0 spiro atoms. The zero-order valence-corrected chi connectivity index (χ0v) is 11.1. The maximum atomic E-state index is 10.7. The summed E-state index contributed by atoms with van der Waals surface area (Å²) in [6.07, 6.45) is -0.179. The van der Waals surface area contributed by atoms with Crippen molar-refractivity contribution in [1.29, 1.82) is 0 Å². The Hall–Kier alpha value is -1.85. The molecule has 0 aliphatic carbocycles. The van der Waals surface area contributed by atoms with Crippen LogP contribution in [0.1, 0.15) is 12.2 Å². The number of furan rings is 1. The molecule has 1 fully saturated rings. The highest BCUT2D eigenvalue weighted by molar-refractivity contribution is 5.77. The minimum atomic E-state index is -0.819. The molecule has 1 aliphatic heterocycles. The first-order valence-corrected chi connectivity index (χ1v) is 6.74. The topological polar surface area (TPSA) is 62.9 Å². The number of benzene rings is 1. The van der Waals surface area contributed by atoms with Gasteiger partial charge in [-0.1, -0.05) is 18.2 Å². The fourth-order valence-electron chi connectivity index (χ4n) is 2.58. The first kappa shape index (κ1) is 13.1. The summed E-state index contributed by atoms with van der Waals surface area (Å²) in [6, 6.07) is 9.95. The third kappa shape index (κ3) is 3.00. The Kier molecular flexibility index (Phi) is 3.71. The number of hydrogen-bond donors (Lipinski definition) is 1. The van der Waals surface area contributed by atoms with E-state index in [0.29, 0.717) is 19.7 Å². The summed E-state index contributed by atoms with van der Waals surface area (Å²) >= 11 is 0. The van der Waals surface area contributed by atoms with Crippen molar-refractivity contribution in [2.24, 2.45) is 0 Å². The van der Waals surface area contributed by atoms with Crippen molar-refractivity contribution < 1.29 is 19.1 Å². The first-order chi connectivity index (χ1) is 9.70. The third-order valence-corrected chi connectivity index (χ3v) is 3.48. The van der Waals surface area contributed by atoms with Crippen LogP contribution in [0.5, 0.6) is 0 Å². The van der Waals surface area contributed by atoms with Gasteiger partial charge in [-0.2, -0.15) is 0 Å². The molecular formula is C15H17NO4. The molecule has 0 radical (unpaired) electrons. The summed E-state index contributed by atoms with van der Waals surface area (Å²) in [4.78, 5) is 12.9. The number of rotatable bonds is 4. The van der Waals surface area contributed by atoms with E-state index < -0.39 is 5.97 Å². The number of para-hydroxylation sites is 1. The second-order valence-corrected chi connectivity index (χ2v) is 5.08. The lowest BCUT2D eigenvalue weighted by molar-refractivity contribution is -0.142. The van der Waals surface area contributed by atoms with Crippen LogP contribution in [-0.2, 0) is 16.1 Å². The number of carbonyl (C=O) groups is 1. The lowest BCUT2D eigenvalue weighted by atomic mass is 10.2. The number of ether oxygens (including phenoxy) is 1. The van der Waals surface area contributed by atoms with Crippen molar-refractivity contribution in [3.05, 3.63) is 36.1 Å². The zero-order chi connectivity index (χ0) is 13.9. The second kappa shape index (κ2) is 5.64. The van der Waals surface area contributed by atoms with Crippen LogP contribution >= 0.6 is 0 Å². The lowest BCUT2D eigenvalue weighted by Crippen LogP contribution is -2.42. The quantitative estimate of drug-likeness (QED) is 0.926. The lowest BCUT2D eigenvalue weighted by Gasteiger charge is -2.31. The maximum Gasteiger partial charge on any atom is 0.306 e. The highest BCUT2D eigenvalue weighted by Crippen LogP contribution is 2.21. The summed E-state index contributed by atoms with van der Waals surface area (Å²) in [6.45, 7) is 2.68. The van der Waals surface area contributed by atoms with E-state index in [1.54, 1.807) is 0 Å². The minimum Gasteiger partial charge on any atom is -0.481 e. The zero-order valence-electron chi connectivity index (χ0n) is 11.1. The number of morpholine rings is 1. The van der Waals surface area contributed by atoms with E-state index in [2.05, 4.69) is 4.90 Å². The molecule has 1 aromatic carbocycles. The summed E-state index contributed by atoms with van der Waals surface area (Å²) < 4.78 is 11.3. The van der Waals surface area contributed by atoms with Gasteiger partial charge in [-0.25, -0.2) is 0 Å². The minimum absolute atomic E-state index is 0.0522.